The van der Waals surface area contributed by atoms with Gasteiger partial charge in [0.15, 0.2) is 11.6 Å². The molecule has 4 heteroatoms. The molecule has 0 aliphatic carbocycles. The lowest BCUT2D eigenvalue weighted by molar-refractivity contribution is 0.304. The second-order valence-corrected chi connectivity index (χ2v) is 5.22. The van der Waals surface area contributed by atoms with Crippen molar-refractivity contribution < 1.29 is 13.5 Å². The van der Waals surface area contributed by atoms with Gasteiger partial charge in [-0.2, -0.15) is 0 Å². The molecule has 0 fully saturated rings. The first-order chi connectivity index (χ1) is 10.0. The molecule has 0 aliphatic rings. The van der Waals surface area contributed by atoms with E-state index in [1.807, 2.05) is 24.3 Å². The Morgan fingerprint density at radius 2 is 1.81 bits per heavy atom. The molecule has 0 aromatic heterocycles. The highest BCUT2D eigenvalue weighted by atomic mass is 19.2. The molecule has 0 saturated carbocycles. The van der Waals surface area contributed by atoms with E-state index in [1.165, 1.54) is 6.07 Å². The van der Waals surface area contributed by atoms with E-state index < -0.39 is 11.6 Å². The minimum Gasteiger partial charge on any atom is -0.489 e. The molecule has 0 unspecified atom stereocenters. The summed E-state index contributed by atoms with van der Waals surface area (Å²) in [4.78, 5) is 0. The normalized spacial score (nSPS) is 10.9. The Kier molecular flexibility index (Phi) is 5.28. The summed E-state index contributed by atoms with van der Waals surface area (Å²) in [7, 11) is 0. The van der Waals surface area contributed by atoms with Gasteiger partial charge in [0.1, 0.15) is 12.4 Å². The van der Waals surface area contributed by atoms with Gasteiger partial charge in [-0.05, 0) is 35.4 Å². The van der Waals surface area contributed by atoms with Crippen molar-refractivity contribution in [3.63, 3.8) is 0 Å². The summed E-state index contributed by atoms with van der Waals surface area (Å²) in [5, 5.41) is 3.33. The summed E-state index contributed by atoms with van der Waals surface area (Å²) in [6.45, 7) is 5.14. The number of nitrogens with one attached hydrogen (secondary N) is 1. The zero-order chi connectivity index (χ0) is 15.2. The van der Waals surface area contributed by atoms with Crippen LogP contribution in [-0.2, 0) is 13.2 Å². The van der Waals surface area contributed by atoms with Crippen LogP contribution < -0.4 is 10.1 Å². The third-order valence-corrected chi connectivity index (χ3v) is 3.00. The summed E-state index contributed by atoms with van der Waals surface area (Å²) in [6, 6.07) is 11.9. The third-order valence-electron chi connectivity index (χ3n) is 3.00. The van der Waals surface area contributed by atoms with Crippen LogP contribution in [0, 0.1) is 11.6 Å². The van der Waals surface area contributed by atoms with E-state index in [1.54, 1.807) is 0 Å². The van der Waals surface area contributed by atoms with Crippen molar-refractivity contribution in [3.05, 3.63) is 65.2 Å². The Labute approximate surface area is 123 Å². The Morgan fingerprint density at radius 3 is 2.52 bits per heavy atom. The highest BCUT2D eigenvalue weighted by Gasteiger charge is 2.04. The molecule has 112 valence electrons. The lowest BCUT2D eigenvalue weighted by Crippen LogP contribution is -2.21. The van der Waals surface area contributed by atoms with Crippen LogP contribution in [0.4, 0.5) is 8.78 Å². The summed E-state index contributed by atoms with van der Waals surface area (Å²) < 4.78 is 31.6. The molecule has 0 atom stereocenters. The fraction of sp³-hybridized carbons (Fsp3) is 0.294. The smallest absolute Gasteiger partial charge is 0.159 e. The highest BCUT2D eigenvalue weighted by molar-refractivity contribution is 5.29. The molecule has 0 aliphatic heterocycles. The predicted octanol–water partition coefficient (Wildman–Crippen LogP) is 4.04. The van der Waals surface area contributed by atoms with Crippen LogP contribution in [0.25, 0.3) is 0 Å². The van der Waals surface area contributed by atoms with Gasteiger partial charge in [-0.25, -0.2) is 8.78 Å². The molecule has 2 aromatic rings. The lowest BCUT2D eigenvalue weighted by Gasteiger charge is -2.11. The van der Waals surface area contributed by atoms with Gasteiger partial charge in [0, 0.05) is 12.6 Å². The first-order valence-corrected chi connectivity index (χ1v) is 6.93. The van der Waals surface area contributed by atoms with Gasteiger partial charge in [0.25, 0.3) is 0 Å². The van der Waals surface area contributed by atoms with E-state index in [2.05, 4.69) is 19.2 Å². The molecule has 21 heavy (non-hydrogen) atoms. The van der Waals surface area contributed by atoms with Gasteiger partial charge in [-0.15, -0.1) is 0 Å². The van der Waals surface area contributed by atoms with E-state index in [0.29, 0.717) is 17.4 Å². The van der Waals surface area contributed by atoms with Crippen LogP contribution in [0.1, 0.15) is 25.0 Å². The fourth-order valence-electron chi connectivity index (χ4n) is 1.86. The monoisotopic (exact) mass is 291 g/mol. The van der Waals surface area contributed by atoms with Crippen molar-refractivity contribution in [2.45, 2.75) is 33.0 Å². The van der Waals surface area contributed by atoms with E-state index >= 15 is 0 Å². The van der Waals surface area contributed by atoms with Crippen LogP contribution in [0.15, 0.2) is 42.5 Å². The molecule has 2 rings (SSSR count). The zero-order valence-electron chi connectivity index (χ0n) is 12.2. The Hall–Kier alpha value is -1.94. The van der Waals surface area contributed by atoms with Crippen LogP contribution in [-0.4, -0.2) is 6.04 Å². The predicted molar refractivity (Wildman–Crippen MR) is 79.1 cm³/mol. The van der Waals surface area contributed by atoms with Crippen LogP contribution in [0.3, 0.4) is 0 Å². The zero-order valence-corrected chi connectivity index (χ0v) is 12.2. The van der Waals surface area contributed by atoms with Gasteiger partial charge in [-0.3, -0.25) is 0 Å². The summed E-state index contributed by atoms with van der Waals surface area (Å²) in [6.07, 6.45) is 0. The number of rotatable bonds is 6. The van der Waals surface area contributed by atoms with E-state index in [4.69, 9.17) is 4.74 Å². The van der Waals surface area contributed by atoms with Gasteiger partial charge >= 0.3 is 0 Å². The SMILES string of the molecule is CC(C)NCc1cccc(OCc2ccc(F)c(F)c2)c1. The minimum atomic E-state index is -0.856. The summed E-state index contributed by atoms with van der Waals surface area (Å²) >= 11 is 0. The largest absolute Gasteiger partial charge is 0.489 e. The number of benzene rings is 2. The quantitative estimate of drug-likeness (QED) is 0.867. The average Bonchev–Trinajstić information content (AvgIpc) is 2.47. The number of ether oxygens (including phenoxy) is 1. The van der Waals surface area contributed by atoms with E-state index in [-0.39, 0.29) is 6.61 Å². The maximum atomic E-state index is 13.1. The molecule has 0 bridgehead atoms. The molecule has 2 nitrogen and oxygen atoms in total. The maximum absolute atomic E-state index is 13.1. The molecular formula is C17H19F2NO. The van der Waals surface area contributed by atoms with Crippen molar-refractivity contribution in [2.75, 3.05) is 0 Å². The number of halogens is 2. The van der Waals surface area contributed by atoms with Crippen LogP contribution in [0.2, 0.25) is 0 Å². The standard InChI is InChI=1S/C17H19F2NO/c1-12(2)20-10-13-4-3-5-15(8-13)21-11-14-6-7-16(18)17(19)9-14/h3-9,12,20H,10-11H2,1-2H3. The molecule has 0 amide bonds. The van der Waals surface area contributed by atoms with E-state index in [0.717, 1.165) is 24.2 Å². The van der Waals surface area contributed by atoms with Crippen molar-refractivity contribution in [1.29, 1.82) is 0 Å². The van der Waals surface area contributed by atoms with Gasteiger partial charge in [0.2, 0.25) is 0 Å². The fourth-order valence-corrected chi connectivity index (χ4v) is 1.86. The van der Waals surface area contributed by atoms with Gasteiger partial charge < -0.3 is 10.1 Å². The summed E-state index contributed by atoms with van der Waals surface area (Å²) in [5.41, 5.74) is 1.71. The Balaban J connectivity index is 1.96. The molecule has 0 saturated heterocycles. The topological polar surface area (TPSA) is 21.3 Å². The van der Waals surface area contributed by atoms with Crippen LogP contribution >= 0.6 is 0 Å². The maximum Gasteiger partial charge on any atom is 0.159 e. The molecule has 1 N–H and O–H groups in total. The van der Waals surface area contributed by atoms with Gasteiger partial charge in [-0.1, -0.05) is 32.0 Å². The van der Waals surface area contributed by atoms with Crippen molar-refractivity contribution >= 4 is 0 Å². The number of hydrogen-bond donors (Lipinski definition) is 1. The van der Waals surface area contributed by atoms with Crippen molar-refractivity contribution in [3.8, 4) is 5.75 Å². The Bertz CT molecular complexity index is 599. The molecule has 2 aromatic carbocycles. The summed E-state index contributed by atoms with van der Waals surface area (Å²) in [5.74, 6) is -0.991. The Morgan fingerprint density at radius 1 is 1.00 bits per heavy atom. The highest BCUT2D eigenvalue weighted by Crippen LogP contribution is 2.16. The second kappa shape index (κ2) is 7.18. The minimum absolute atomic E-state index is 0.207. The third kappa shape index (κ3) is 4.83. The molecule has 0 heterocycles. The van der Waals surface area contributed by atoms with Crippen LogP contribution in [0.5, 0.6) is 5.75 Å². The van der Waals surface area contributed by atoms with Crippen molar-refractivity contribution in [2.24, 2.45) is 0 Å². The molecule has 0 spiro atoms. The lowest BCUT2D eigenvalue weighted by atomic mass is 10.2. The van der Waals surface area contributed by atoms with Crippen molar-refractivity contribution in [1.82, 2.24) is 5.32 Å². The average molecular weight is 291 g/mol. The first kappa shape index (κ1) is 15.4. The molecular weight excluding hydrogens is 272 g/mol. The first-order valence-electron chi connectivity index (χ1n) is 6.93. The second-order valence-electron chi connectivity index (χ2n) is 5.22. The molecule has 0 radical (unpaired) electrons. The number of hydrogen-bond acceptors (Lipinski definition) is 2. The van der Waals surface area contributed by atoms with E-state index in [9.17, 15) is 8.78 Å². The van der Waals surface area contributed by atoms with Gasteiger partial charge in [0.05, 0.1) is 0 Å².